The Morgan fingerprint density at radius 1 is 1.33 bits per heavy atom. The first-order valence-electron chi connectivity index (χ1n) is 3.37. The standard InChI is InChI=1S/C7H8.CH4O2S2/c1-7-5-3-2-4-6-7;1-3-5(2)4/h2-6H,1H3;5H,1H3. The second-order valence-corrected chi connectivity index (χ2v) is 3.77. The van der Waals surface area contributed by atoms with Gasteiger partial charge in [0.05, 0.1) is 7.11 Å². The van der Waals surface area contributed by atoms with Gasteiger partial charge in [-0.15, -0.1) is 0 Å². The lowest BCUT2D eigenvalue weighted by Gasteiger charge is -1.82. The Morgan fingerprint density at radius 3 is 1.92 bits per heavy atom. The van der Waals surface area contributed by atoms with Crippen LogP contribution in [-0.4, -0.2) is 11.3 Å². The summed E-state index contributed by atoms with van der Waals surface area (Å²) < 4.78 is 13.6. The Hall–Kier alpha value is -0.450. The van der Waals surface area contributed by atoms with Gasteiger partial charge in [-0.05, 0) is 6.92 Å². The highest BCUT2D eigenvalue weighted by molar-refractivity contribution is 8.19. The van der Waals surface area contributed by atoms with Gasteiger partial charge in [0.2, 0.25) is 0 Å². The van der Waals surface area contributed by atoms with Crippen LogP contribution in [0.3, 0.4) is 0 Å². The minimum Gasteiger partial charge on any atom is -0.295 e. The molecule has 1 aromatic carbocycles. The summed E-state index contributed by atoms with van der Waals surface area (Å²) in [5, 5.41) is 0. The normalized spacial score (nSPS) is 11.2. The molecule has 2 nitrogen and oxygen atoms in total. The highest BCUT2D eigenvalue weighted by Crippen LogP contribution is 1.92. The molecule has 1 atom stereocenters. The molecule has 0 fully saturated rings. The Labute approximate surface area is 79.5 Å². The molecule has 4 heteroatoms. The lowest BCUT2D eigenvalue weighted by Crippen LogP contribution is -1.70. The molecule has 0 saturated heterocycles. The quantitative estimate of drug-likeness (QED) is 0.702. The molecule has 1 aromatic rings. The maximum Gasteiger partial charge on any atom is 0.132 e. The summed E-state index contributed by atoms with van der Waals surface area (Å²) in [6.45, 7) is 2.08. The van der Waals surface area contributed by atoms with Crippen LogP contribution < -0.4 is 0 Å². The summed E-state index contributed by atoms with van der Waals surface area (Å²) in [5.74, 6) is 0. The summed E-state index contributed by atoms with van der Waals surface area (Å²) in [6, 6.07) is 10.3. The molecule has 1 unspecified atom stereocenters. The third kappa shape index (κ3) is 7.65. The van der Waals surface area contributed by atoms with Gasteiger partial charge in [-0.25, -0.2) is 4.21 Å². The average molecular weight is 204 g/mol. The highest BCUT2D eigenvalue weighted by Gasteiger charge is 1.72. The van der Waals surface area contributed by atoms with Crippen LogP contribution in [0.2, 0.25) is 0 Å². The van der Waals surface area contributed by atoms with Crippen LogP contribution in [0.15, 0.2) is 30.3 Å². The molecule has 1 rings (SSSR count). The topological polar surface area (TPSA) is 26.3 Å². The maximum absolute atomic E-state index is 9.55. The summed E-state index contributed by atoms with van der Waals surface area (Å²) in [7, 11) is -0.454. The molecule has 0 heterocycles. The molecule has 0 aromatic heterocycles. The van der Waals surface area contributed by atoms with E-state index in [1.807, 2.05) is 18.2 Å². The van der Waals surface area contributed by atoms with E-state index >= 15 is 0 Å². The first-order chi connectivity index (χ1) is 5.66. The molecular formula is C8H12O2S2. The largest absolute Gasteiger partial charge is 0.295 e. The van der Waals surface area contributed by atoms with Crippen molar-refractivity contribution in [1.29, 1.82) is 0 Å². The molecule has 0 saturated carbocycles. The predicted octanol–water partition coefficient (Wildman–Crippen LogP) is 1.49. The summed E-state index contributed by atoms with van der Waals surface area (Å²) in [6.07, 6.45) is 0. The van der Waals surface area contributed by atoms with E-state index in [9.17, 15) is 4.21 Å². The van der Waals surface area contributed by atoms with Crippen molar-refractivity contribution in [2.45, 2.75) is 6.92 Å². The first kappa shape index (κ1) is 11.6. The van der Waals surface area contributed by atoms with E-state index in [-0.39, 0.29) is 0 Å². The molecule has 0 aliphatic heterocycles. The van der Waals surface area contributed by atoms with E-state index < -0.39 is 9.64 Å². The molecule has 0 amide bonds. The molecule has 0 radical (unpaired) electrons. The van der Waals surface area contributed by atoms with Gasteiger partial charge >= 0.3 is 0 Å². The van der Waals surface area contributed by atoms with Gasteiger partial charge in [0.15, 0.2) is 0 Å². The fraction of sp³-hybridized carbons (Fsp3) is 0.250. The van der Waals surface area contributed by atoms with Crippen LogP contribution in [-0.2, 0) is 25.0 Å². The second kappa shape index (κ2) is 7.21. The van der Waals surface area contributed by atoms with E-state index in [0.717, 1.165) is 0 Å². The van der Waals surface area contributed by atoms with Gasteiger partial charge in [-0.1, -0.05) is 35.9 Å². The summed E-state index contributed by atoms with van der Waals surface area (Å²) >= 11 is 4.07. The SMILES string of the molecule is CO[SH](=O)=S.Cc1ccccc1. The zero-order valence-electron chi connectivity index (χ0n) is 7.06. The van der Waals surface area contributed by atoms with Gasteiger partial charge in [-0.2, -0.15) is 0 Å². The van der Waals surface area contributed by atoms with Crippen molar-refractivity contribution in [3.05, 3.63) is 35.9 Å². The monoisotopic (exact) mass is 204 g/mol. The van der Waals surface area contributed by atoms with Gasteiger partial charge in [0, 0.05) is 11.2 Å². The van der Waals surface area contributed by atoms with Crippen LogP contribution in [0.5, 0.6) is 0 Å². The minimum atomic E-state index is -1.76. The minimum absolute atomic E-state index is 1.31. The van der Waals surface area contributed by atoms with E-state index in [2.05, 4.69) is 34.4 Å². The third-order valence-corrected chi connectivity index (χ3v) is 1.83. The fourth-order valence-corrected chi connectivity index (χ4v) is 0.534. The molecular weight excluding hydrogens is 192 g/mol. The van der Waals surface area contributed by atoms with Gasteiger partial charge in [-0.3, -0.25) is 4.18 Å². The van der Waals surface area contributed by atoms with Gasteiger partial charge in [0.1, 0.15) is 9.64 Å². The van der Waals surface area contributed by atoms with Crippen LogP contribution in [0.1, 0.15) is 5.56 Å². The van der Waals surface area contributed by atoms with Crippen LogP contribution in [0.4, 0.5) is 0 Å². The maximum atomic E-state index is 9.55. The molecule has 12 heavy (non-hydrogen) atoms. The lowest BCUT2D eigenvalue weighted by molar-refractivity contribution is 0.460. The Kier molecular flexibility index (Phi) is 6.94. The Bertz CT molecular complexity index is 260. The third-order valence-electron chi connectivity index (χ3n) is 1.09. The molecule has 0 aliphatic rings. The van der Waals surface area contributed by atoms with Crippen LogP contribution in [0.25, 0.3) is 0 Å². The molecule has 0 bridgehead atoms. The smallest absolute Gasteiger partial charge is 0.132 e. The molecule has 0 aliphatic carbocycles. The Balaban J connectivity index is 0.000000217. The molecule has 0 N–H and O–H groups in total. The van der Waals surface area contributed by atoms with Crippen LogP contribution in [0, 0.1) is 6.92 Å². The lowest BCUT2D eigenvalue weighted by atomic mass is 10.2. The van der Waals surface area contributed by atoms with Crippen molar-refractivity contribution < 1.29 is 8.39 Å². The predicted molar refractivity (Wildman–Crippen MR) is 55.1 cm³/mol. The van der Waals surface area contributed by atoms with E-state index in [1.165, 1.54) is 12.7 Å². The summed E-state index contributed by atoms with van der Waals surface area (Å²) in [5.41, 5.74) is 1.32. The number of benzene rings is 1. The first-order valence-corrected chi connectivity index (χ1v) is 5.56. The average Bonchev–Trinajstić information content (AvgIpc) is 2.07. The fourth-order valence-electron chi connectivity index (χ4n) is 0.534. The van der Waals surface area contributed by atoms with Gasteiger partial charge in [0.25, 0.3) is 0 Å². The second-order valence-electron chi connectivity index (χ2n) is 2.06. The number of thiol groups is 1. The molecule has 68 valence electrons. The number of rotatable bonds is 1. The zero-order valence-corrected chi connectivity index (χ0v) is 8.77. The zero-order chi connectivity index (χ0) is 9.40. The van der Waals surface area contributed by atoms with Crippen molar-refractivity contribution in [3.8, 4) is 0 Å². The summed E-state index contributed by atoms with van der Waals surface area (Å²) in [4.78, 5) is 0. The van der Waals surface area contributed by atoms with Crippen LogP contribution >= 0.6 is 0 Å². The van der Waals surface area contributed by atoms with E-state index in [0.29, 0.717) is 0 Å². The van der Waals surface area contributed by atoms with Crippen molar-refractivity contribution in [1.82, 2.24) is 0 Å². The van der Waals surface area contributed by atoms with Crippen molar-refractivity contribution in [2.24, 2.45) is 0 Å². The Morgan fingerprint density at radius 2 is 1.75 bits per heavy atom. The van der Waals surface area contributed by atoms with Crippen molar-refractivity contribution in [2.75, 3.05) is 7.11 Å². The highest BCUT2D eigenvalue weighted by atomic mass is 32.8. The molecule has 0 spiro atoms. The van der Waals surface area contributed by atoms with E-state index in [1.54, 1.807) is 0 Å². The van der Waals surface area contributed by atoms with Gasteiger partial charge < -0.3 is 0 Å². The van der Waals surface area contributed by atoms with Crippen molar-refractivity contribution in [3.63, 3.8) is 0 Å². The van der Waals surface area contributed by atoms with Crippen molar-refractivity contribution >= 4 is 20.8 Å². The number of aryl methyl sites for hydroxylation is 1. The van der Waals surface area contributed by atoms with E-state index in [4.69, 9.17) is 0 Å². The number of hydrogen-bond donors (Lipinski definition) is 1. The number of hydrogen-bond acceptors (Lipinski definition) is 3.